The van der Waals surface area contributed by atoms with Gasteiger partial charge >= 0.3 is 0 Å². The number of nitrogens with zero attached hydrogens (tertiary/aromatic N) is 2. The Kier molecular flexibility index (Phi) is 6.94. The maximum absolute atomic E-state index is 12.2. The zero-order valence-corrected chi connectivity index (χ0v) is 16.0. The molecule has 0 aliphatic carbocycles. The van der Waals surface area contributed by atoms with E-state index in [1.54, 1.807) is 20.2 Å². The van der Waals surface area contributed by atoms with E-state index in [4.69, 9.17) is 0 Å². The lowest BCUT2D eigenvalue weighted by molar-refractivity contribution is -0.128. The summed E-state index contributed by atoms with van der Waals surface area (Å²) in [6, 6.07) is 5.91. The first kappa shape index (κ1) is 20.6. The highest BCUT2D eigenvalue weighted by Crippen LogP contribution is 2.17. The van der Waals surface area contributed by atoms with E-state index in [9.17, 15) is 21.6 Å². The van der Waals surface area contributed by atoms with Gasteiger partial charge in [0.1, 0.15) is 0 Å². The summed E-state index contributed by atoms with van der Waals surface area (Å²) in [5.41, 5.74) is 0.414. The van der Waals surface area contributed by atoms with Gasteiger partial charge in [0, 0.05) is 34.6 Å². The van der Waals surface area contributed by atoms with Crippen LogP contribution in [-0.2, 0) is 30.4 Å². The van der Waals surface area contributed by atoms with Crippen molar-refractivity contribution in [3.05, 3.63) is 29.8 Å². The summed E-state index contributed by atoms with van der Waals surface area (Å²) < 4.78 is 49.6. The summed E-state index contributed by atoms with van der Waals surface area (Å²) in [4.78, 5) is 12.9. The van der Waals surface area contributed by atoms with E-state index in [0.29, 0.717) is 5.56 Å². The average Bonchev–Trinajstić information content (AvgIpc) is 2.46. The van der Waals surface area contributed by atoms with Crippen LogP contribution in [0.5, 0.6) is 0 Å². The van der Waals surface area contributed by atoms with Gasteiger partial charge in [-0.15, -0.1) is 0 Å². The molecule has 1 aromatic rings. The molecular weight excluding hydrogens is 352 g/mol. The first-order valence-corrected chi connectivity index (χ1v) is 10.6. The number of sulfone groups is 1. The molecule has 1 rings (SSSR count). The molecule has 0 heterocycles. The second-order valence-corrected chi connectivity index (χ2v) is 10.3. The lowest BCUT2D eigenvalue weighted by atomic mass is 10.2. The van der Waals surface area contributed by atoms with Gasteiger partial charge in [0.25, 0.3) is 0 Å². The van der Waals surface area contributed by atoms with Crippen LogP contribution in [0.2, 0.25) is 0 Å². The summed E-state index contributed by atoms with van der Waals surface area (Å²) in [5, 5.41) is 0. The number of amides is 1. The number of carbonyl (C=O) groups is 1. The summed E-state index contributed by atoms with van der Waals surface area (Å²) in [6.07, 6.45) is 0.413. The first-order chi connectivity index (χ1) is 11.0. The number of benzene rings is 1. The summed E-state index contributed by atoms with van der Waals surface area (Å²) in [6.45, 7) is 0. The molecule has 24 heavy (non-hydrogen) atoms. The maximum atomic E-state index is 12.2. The molecule has 0 spiro atoms. The van der Waals surface area contributed by atoms with Crippen molar-refractivity contribution in [2.24, 2.45) is 0 Å². The Labute approximate surface area is 144 Å². The van der Waals surface area contributed by atoms with Gasteiger partial charge in [-0.25, -0.2) is 21.1 Å². The molecule has 7 nitrogen and oxygen atoms in total. The third kappa shape index (κ3) is 5.88. The van der Waals surface area contributed by atoms with E-state index >= 15 is 0 Å². The predicted octanol–water partition coefficient (Wildman–Crippen LogP) is 0.720. The fraction of sp³-hybridized carbons (Fsp3) is 0.533. The first-order valence-electron chi connectivity index (χ1n) is 7.38. The van der Waals surface area contributed by atoms with Crippen molar-refractivity contribution in [3.63, 3.8) is 0 Å². The van der Waals surface area contributed by atoms with E-state index < -0.39 is 19.9 Å². The van der Waals surface area contributed by atoms with Gasteiger partial charge in [0.15, 0.2) is 9.84 Å². The van der Waals surface area contributed by atoms with Crippen molar-refractivity contribution in [1.82, 2.24) is 9.21 Å². The zero-order valence-electron chi connectivity index (χ0n) is 14.4. The number of hydrogen-bond acceptors (Lipinski definition) is 5. The monoisotopic (exact) mass is 376 g/mol. The fourth-order valence-corrected chi connectivity index (χ4v) is 4.39. The van der Waals surface area contributed by atoms with Crippen LogP contribution in [0.1, 0.15) is 18.4 Å². The van der Waals surface area contributed by atoms with Crippen molar-refractivity contribution in [2.45, 2.75) is 23.5 Å². The Balaban J connectivity index is 2.80. The Morgan fingerprint density at radius 3 is 2.21 bits per heavy atom. The maximum Gasteiger partial charge on any atom is 0.242 e. The molecule has 0 fully saturated rings. The van der Waals surface area contributed by atoms with Crippen molar-refractivity contribution in [2.75, 3.05) is 33.9 Å². The van der Waals surface area contributed by atoms with Crippen LogP contribution in [0.15, 0.2) is 29.2 Å². The minimum atomic E-state index is -3.60. The molecule has 0 aromatic heterocycles. The smallest absolute Gasteiger partial charge is 0.242 e. The van der Waals surface area contributed by atoms with Crippen molar-refractivity contribution < 1.29 is 21.6 Å². The molecule has 0 radical (unpaired) electrons. The van der Waals surface area contributed by atoms with Gasteiger partial charge < -0.3 is 4.90 Å². The van der Waals surface area contributed by atoms with E-state index in [1.165, 1.54) is 37.2 Å². The molecule has 0 unspecified atom stereocenters. The number of hydrogen-bond donors (Lipinski definition) is 0. The van der Waals surface area contributed by atoms with E-state index in [1.807, 2.05) is 0 Å². The lowest BCUT2D eigenvalue weighted by Gasteiger charge is -2.12. The van der Waals surface area contributed by atoms with Gasteiger partial charge in [-0.1, -0.05) is 12.1 Å². The van der Waals surface area contributed by atoms with Gasteiger partial charge in [-0.2, -0.15) is 0 Å². The van der Waals surface area contributed by atoms with E-state index in [0.717, 1.165) is 4.31 Å². The Hall–Kier alpha value is -1.45. The summed E-state index contributed by atoms with van der Waals surface area (Å²) in [5.74, 6) is -0.485. The van der Waals surface area contributed by atoms with Gasteiger partial charge in [-0.3, -0.25) is 4.79 Å². The predicted molar refractivity (Wildman–Crippen MR) is 92.7 cm³/mol. The van der Waals surface area contributed by atoms with Crippen molar-refractivity contribution >= 4 is 25.8 Å². The molecule has 136 valence electrons. The molecule has 1 amide bonds. The Bertz CT molecular complexity index is 784. The van der Waals surface area contributed by atoms with Crippen LogP contribution < -0.4 is 0 Å². The average molecular weight is 377 g/mol. The Morgan fingerprint density at radius 1 is 1.04 bits per heavy atom. The summed E-state index contributed by atoms with van der Waals surface area (Å²) >= 11 is 0. The van der Waals surface area contributed by atoms with Crippen LogP contribution in [0.25, 0.3) is 0 Å². The minimum Gasteiger partial charge on any atom is -0.349 e. The molecule has 1 aromatic carbocycles. The van der Waals surface area contributed by atoms with E-state index in [2.05, 4.69) is 0 Å². The molecule has 0 N–H and O–H groups in total. The van der Waals surface area contributed by atoms with Crippen LogP contribution in [0.3, 0.4) is 0 Å². The fourth-order valence-electron chi connectivity index (χ4n) is 2.00. The molecule has 0 atom stereocenters. The van der Waals surface area contributed by atoms with Crippen LogP contribution in [0.4, 0.5) is 0 Å². The largest absolute Gasteiger partial charge is 0.349 e. The molecule has 9 heteroatoms. The molecule has 0 aliphatic rings. The van der Waals surface area contributed by atoms with E-state index in [-0.39, 0.29) is 35.2 Å². The quantitative estimate of drug-likeness (QED) is 0.667. The van der Waals surface area contributed by atoms with Gasteiger partial charge in [0.2, 0.25) is 15.9 Å². The SMILES string of the molecule is CN(C)C(=O)CCCS(=O)(=O)Cc1cccc(S(=O)(=O)N(C)C)c1. The van der Waals surface area contributed by atoms with Crippen LogP contribution in [-0.4, -0.2) is 65.9 Å². The highest BCUT2D eigenvalue weighted by Gasteiger charge is 2.19. The minimum absolute atomic E-state index is 0.0583. The van der Waals surface area contributed by atoms with Crippen molar-refractivity contribution in [3.8, 4) is 0 Å². The summed E-state index contributed by atoms with van der Waals surface area (Å²) in [7, 11) is -0.951. The molecule has 0 aliphatic heterocycles. The Morgan fingerprint density at radius 2 is 1.67 bits per heavy atom. The standard InChI is InChI=1S/C15H24N2O5S2/c1-16(2)15(18)9-6-10-23(19,20)12-13-7-5-8-14(11-13)24(21,22)17(3)4/h5,7-8,11H,6,9-10,12H2,1-4H3. The highest BCUT2D eigenvalue weighted by atomic mass is 32.2. The third-order valence-electron chi connectivity index (χ3n) is 3.41. The third-order valence-corrected chi connectivity index (χ3v) is 6.90. The number of carbonyl (C=O) groups excluding carboxylic acids is 1. The van der Waals surface area contributed by atoms with Gasteiger partial charge in [0.05, 0.1) is 16.4 Å². The molecular formula is C15H24N2O5S2. The molecule has 0 saturated heterocycles. The van der Waals surface area contributed by atoms with Crippen LogP contribution in [0, 0.1) is 0 Å². The molecule has 0 bridgehead atoms. The zero-order chi connectivity index (χ0) is 18.5. The van der Waals surface area contributed by atoms with Crippen molar-refractivity contribution in [1.29, 1.82) is 0 Å². The van der Waals surface area contributed by atoms with Gasteiger partial charge in [-0.05, 0) is 24.1 Å². The number of sulfonamides is 1. The van der Waals surface area contributed by atoms with Crippen LogP contribution >= 0.6 is 0 Å². The number of rotatable bonds is 8. The topological polar surface area (TPSA) is 91.8 Å². The molecule has 0 saturated carbocycles. The second kappa shape index (κ2) is 8.09. The second-order valence-electron chi connectivity index (χ2n) is 5.92. The lowest BCUT2D eigenvalue weighted by Crippen LogP contribution is -2.23. The highest BCUT2D eigenvalue weighted by molar-refractivity contribution is 7.90. The normalized spacial score (nSPS) is 12.4.